The summed E-state index contributed by atoms with van der Waals surface area (Å²) in [5.41, 5.74) is 1.06. The van der Waals surface area contributed by atoms with Crippen molar-refractivity contribution in [3.05, 3.63) is 42.0 Å². The number of rotatable bonds is 8. The normalized spacial score (nSPS) is 11.7. The van der Waals surface area contributed by atoms with E-state index in [4.69, 9.17) is 0 Å². The molecule has 2 rings (SSSR count). The lowest BCUT2D eigenvalue weighted by Crippen LogP contribution is -2.38. The Labute approximate surface area is 177 Å². The molecular formula is C17H27IN6O2S. The second kappa shape index (κ2) is 11.2. The van der Waals surface area contributed by atoms with E-state index in [2.05, 4.69) is 25.8 Å². The predicted molar refractivity (Wildman–Crippen MR) is 117 cm³/mol. The van der Waals surface area contributed by atoms with Crippen LogP contribution < -0.4 is 10.6 Å². The Morgan fingerprint density at radius 3 is 2.48 bits per heavy atom. The first-order chi connectivity index (χ1) is 12.4. The number of hydrogen-bond acceptors (Lipinski definition) is 5. The van der Waals surface area contributed by atoms with Crippen LogP contribution in [0.25, 0.3) is 0 Å². The molecule has 0 aliphatic heterocycles. The maximum Gasteiger partial charge on any atom is 0.191 e. The summed E-state index contributed by atoms with van der Waals surface area (Å²) in [5, 5.41) is 14.5. The first-order valence-electron chi connectivity index (χ1n) is 8.62. The number of hydrogen-bond donors (Lipinski definition) is 2. The van der Waals surface area contributed by atoms with Crippen LogP contribution in [0.3, 0.4) is 0 Å². The quantitative estimate of drug-likeness (QED) is 0.321. The summed E-state index contributed by atoms with van der Waals surface area (Å²) in [5.74, 6) is 1.53. The van der Waals surface area contributed by atoms with Gasteiger partial charge in [0, 0.05) is 25.9 Å². The summed E-state index contributed by atoms with van der Waals surface area (Å²) in [4.78, 5) is 4.87. The van der Waals surface area contributed by atoms with E-state index in [0.29, 0.717) is 23.9 Å². The number of nitrogens with zero attached hydrogens (tertiary/aromatic N) is 4. The largest absolute Gasteiger partial charge is 0.357 e. The lowest BCUT2D eigenvalue weighted by atomic mass is 10.1. The fraction of sp³-hybridized carbons (Fsp3) is 0.471. The fourth-order valence-electron chi connectivity index (χ4n) is 2.39. The number of aliphatic imine (C=N–C) groups is 1. The average molecular weight is 506 g/mol. The molecule has 10 heteroatoms. The molecule has 2 N–H and O–H groups in total. The van der Waals surface area contributed by atoms with Crippen molar-refractivity contribution in [2.45, 2.75) is 38.3 Å². The molecule has 0 aliphatic carbocycles. The maximum atomic E-state index is 11.5. The molecule has 27 heavy (non-hydrogen) atoms. The van der Waals surface area contributed by atoms with Crippen LogP contribution in [0.1, 0.15) is 25.2 Å². The van der Waals surface area contributed by atoms with Crippen LogP contribution in [-0.4, -0.2) is 48.5 Å². The number of nitrogens with one attached hydrogen (secondary N) is 2. The van der Waals surface area contributed by atoms with E-state index in [1.807, 2.05) is 30.5 Å². The Balaban J connectivity index is 0.00000364. The lowest BCUT2D eigenvalue weighted by Gasteiger charge is -2.11. The highest BCUT2D eigenvalue weighted by Gasteiger charge is 2.06. The van der Waals surface area contributed by atoms with Crippen molar-refractivity contribution in [3.63, 3.8) is 0 Å². The molecule has 0 aliphatic rings. The number of aryl methyl sites for hydroxylation is 1. The van der Waals surface area contributed by atoms with E-state index in [1.54, 1.807) is 18.5 Å². The standard InChI is InChI=1S/C17H26N6O2S.HI/c1-4-18-17(20-12-16-22-21-13-23(16)5-2)19-11-10-14-6-8-15(9-7-14)26(3,24)25;/h6-9,13H,4-5,10-12H2,1-3H3,(H2,18,19,20);1H. The Hall–Kier alpha value is -1.69. The minimum absolute atomic E-state index is 0. The monoisotopic (exact) mass is 506 g/mol. The minimum Gasteiger partial charge on any atom is -0.357 e. The van der Waals surface area contributed by atoms with Crippen molar-refractivity contribution in [3.8, 4) is 0 Å². The van der Waals surface area contributed by atoms with Gasteiger partial charge < -0.3 is 15.2 Å². The smallest absolute Gasteiger partial charge is 0.191 e. The predicted octanol–water partition coefficient (Wildman–Crippen LogP) is 1.62. The molecule has 150 valence electrons. The Morgan fingerprint density at radius 1 is 1.19 bits per heavy atom. The first kappa shape index (κ1) is 23.3. The molecule has 8 nitrogen and oxygen atoms in total. The van der Waals surface area contributed by atoms with Gasteiger partial charge in [-0.25, -0.2) is 13.4 Å². The van der Waals surface area contributed by atoms with Crippen molar-refractivity contribution in [2.75, 3.05) is 19.3 Å². The molecule has 0 spiro atoms. The van der Waals surface area contributed by atoms with Gasteiger partial charge in [0.25, 0.3) is 0 Å². The van der Waals surface area contributed by atoms with Crippen molar-refractivity contribution < 1.29 is 8.42 Å². The zero-order valence-corrected chi connectivity index (χ0v) is 19.0. The first-order valence-corrected chi connectivity index (χ1v) is 10.5. The number of aromatic nitrogens is 3. The van der Waals surface area contributed by atoms with Gasteiger partial charge in [-0.15, -0.1) is 34.2 Å². The van der Waals surface area contributed by atoms with Crippen LogP contribution >= 0.6 is 24.0 Å². The van der Waals surface area contributed by atoms with E-state index in [9.17, 15) is 8.42 Å². The molecule has 0 fully saturated rings. The average Bonchev–Trinajstić information content (AvgIpc) is 3.07. The molecule has 0 bridgehead atoms. The van der Waals surface area contributed by atoms with Gasteiger partial charge in [-0.3, -0.25) is 0 Å². The van der Waals surface area contributed by atoms with E-state index >= 15 is 0 Å². The second-order valence-electron chi connectivity index (χ2n) is 5.82. The van der Waals surface area contributed by atoms with Gasteiger partial charge in [0.2, 0.25) is 0 Å². The molecule has 2 aromatic rings. The number of benzene rings is 1. The summed E-state index contributed by atoms with van der Waals surface area (Å²) in [6.45, 7) is 6.75. The number of halogens is 1. The molecule has 0 saturated carbocycles. The van der Waals surface area contributed by atoms with Crippen LogP contribution in [-0.2, 0) is 29.3 Å². The summed E-state index contributed by atoms with van der Waals surface area (Å²) in [7, 11) is -3.15. The van der Waals surface area contributed by atoms with Gasteiger partial charge in [-0.1, -0.05) is 12.1 Å². The van der Waals surface area contributed by atoms with E-state index in [1.165, 1.54) is 6.26 Å². The minimum atomic E-state index is -3.15. The number of guanidine groups is 1. The van der Waals surface area contributed by atoms with Gasteiger partial charge >= 0.3 is 0 Å². The van der Waals surface area contributed by atoms with E-state index < -0.39 is 9.84 Å². The van der Waals surface area contributed by atoms with Crippen molar-refractivity contribution >= 4 is 39.8 Å². The SMILES string of the molecule is CCNC(=NCc1nncn1CC)NCCc1ccc(S(C)(=O)=O)cc1.I. The van der Waals surface area contributed by atoms with Crippen LogP contribution in [0, 0.1) is 0 Å². The lowest BCUT2D eigenvalue weighted by molar-refractivity contribution is 0.602. The number of sulfone groups is 1. The zero-order valence-electron chi connectivity index (χ0n) is 15.8. The van der Waals surface area contributed by atoms with E-state index in [-0.39, 0.29) is 24.0 Å². The summed E-state index contributed by atoms with van der Waals surface area (Å²) >= 11 is 0. The second-order valence-corrected chi connectivity index (χ2v) is 7.84. The summed E-state index contributed by atoms with van der Waals surface area (Å²) in [6, 6.07) is 6.96. The third-order valence-corrected chi connectivity index (χ3v) is 4.95. The van der Waals surface area contributed by atoms with Gasteiger partial charge in [0.15, 0.2) is 21.6 Å². The van der Waals surface area contributed by atoms with Gasteiger partial charge in [0.1, 0.15) is 12.9 Å². The highest BCUT2D eigenvalue weighted by molar-refractivity contribution is 14.0. The van der Waals surface area contributed by atoms with Crippen LogP contribution in [0.4, 0.5) is 0 Å². The summed E-state index contributed by atoms with van der Waals surface area (Å²) < 4.78 is 24.9. The Bertz CT molecular complexity index is 833. The zero-order chi connectivity index (χ0) is 19.0. The molecule has 0 unspecified atom stereocenters. The van der Waals surface area contributed by atoms with E-state index in [0.717, 1.165) is 30.9 Å². The third-order valence-electron chi connectivity index (χ3n) is 3.82. The third kappa shape index (κ3) is 7.45. The van der Waals surface area contributed by atoms with Crippen LogP contribution in [0.2, 0.25) is 0 Å². The van der Waals surface area contributed by atoms with Crippen LogP contribution in [0.5, 0.6) is 0 Å². The van der Waals surface area contributed by atoms with Crippen molar-refractivity contribution in [1.29, 1.82) is 0 Å². The van der Waals surface area contributed by atoms with Crippen LogP contribution in [0.15, 0.2) is 40.5 Å². The molecule has 1 heterocycles. The summed E-state index contributed by atoms with van der Waals surface area (Å²) in [6.07, 6.45) is 3.67. The molecule has 0 atom stereocenters. The Morgan fingerprint density at radius 2 is 1.89 bits per heavy atom. The molecule has 0 radical (unpaired) electrons. The Kier molecular flexibility index (Phi) is 9.70. The topological polar surface area (TPSA) is 101 Å². The fourth-order valence-corrected chi connectivity index (χ4v) is 3.02. The molecule has 1 aromatic carbocycles. The van der Waals surface area contributed by atoms with Gasteiger partial charge in [0.05, 0.1) is 4.90 Å². The van der Waals surface area contributed by atoms with Crippen molar-refractivity contribution in [1.82, 2.24) is 25.4 Å². The van der Waals surface area contributed by atoms with Gasteiger partial charge in [-0.2, -0.15) is 0 Å². The van der Waals surface area contributed by atoms with Gasteiger partial charge in [-0.05, 0) is 38.0 Å². The molecule has 0 saturated heterocycles. The van der Waals surface area contributed by atoms with Crippen molar-refractivity contribution in [2.24, 2.45) is 4.99 Å². The molecule has 1 aromatic heterocycles. The molecule has 0 amide bonds. The molecular weight excluding hydrogens is 479 g/mol. The highest BCUT2D eigenvalue weighted by Crippen LogP contribution is 2.10. The highest BCUT2D eigenvalue weighted by atomic mass is 127. The maximum absolute atomic E-state index is 11.5.